The number of hydrogen-bond acceptors (Lipinski definition) is 4. The number of aromatic nitrogens is 3. The van der Waals surface area contributed by atoms with Gasteiger partial charge in [0.05, 0.1) is 11.7 Å². The van der Waals surface area contributed by atoms with E-state index in [1.54, 1.807) is 11.0 Å². The molecule has 4 rings (SSSR count). The van der Waals surface area contributed by atoms with Crippen LogP contribution >= 0.6 is 0 Å². The molecule has 0 saturated carbocycles. The number of para-hydroxylation sites is 1. The number of amides is 1. The van der Waals surface area contributed by atoms with Gasteiger partial charge >= 0.3 is 0 Å². The first-order chi connectivity index (χ1) is 12.6. The molecule has 0 aliphatic heterocycles. The number of furan rings is 1. The Morgan fingerprint density at radius 3 is 2.62 bits per heavy atom. The average Bonchev–Trinajstić information content (AvgIpc) is 3.31. The molecular weight excluding hydrogens is 328 g/mol. The van der Waals surface area contributed by atoms with E-state index in [9.17, 15) is 4.79 Å². The van der Waals surface area contributed by atoms with E-state index in [1.165, 1.54) is 6.33 Å². The summed E-state index contributed by atoms with van der Waals surface area (Å²) in [6, 6.07) is 15.3. The molecule has 6 heteroatoms. The second-order valence-corrected chi connectivity index (χ2v) is 6.18. The third-order valence-electron chi connectivity index (χ3n) is 4.47. The van der Waals surface area contributed by atoms with Crippen molar-refractivity contribution in [2.45, 2.75) is 19.9 Å². The van der Waals surface area contributed by atoms with Crippen LogP contribution in [0.3, 0.4) is 0 Å². The van der Waals surface area contributed by atoms with Crippen LogP contribution < -0.4 is 5.32 Å². The van der Waals surface area contributed by atoms with E-state index in [0.717, 1.165) is 27.8 Å². The molecule has 0 aliphatic carbocycles. The Kier molecular flexibility index (Phi) is 4.01. The van der Waals surface area contributed by atoms with Crippen molar-refractivity contribution in [1.82, 2.24) is 20.1 Å². The van der Waals surface area contributed by atoms with E-state index in [2.05, 4.69) is 15.4 Å². The van der Waals surface area contributed by atoms with Gasteiger partial charge in [-0.25, -0.2) is 9.67 Å². The topological polar surface area (TPSA) is 73.0 Å². The summed E-state index contributed by atoms with van der Waals surface area (Å²) in [6.07, 6.45) is 3.14. The zero-order chi connectivity index (χ0) is 18.1. The van der Waals surface area contributed by atoms with Crippen molar-refractivity contribution < 1.29 is 9.21 Å². The second-order valence-electron chi connectivity index (χ2n) is 6.18. The van der Waals surface area contributed by atoms with Gasteiger partial charge in [0, 0.05) is 10.9 Å². The van der Waals surface area contributed by atoms with Gasteiger partial charge in [-0.1, -0.05) is 30.3 Å². The number of aryl methyl sites for hydroxylation is 1. The Labute approximate surface area is 150 Å². The predicted octanol–water partition coefficient (Wildman–Crippen LogP) is 3.81. The van der Waals surface area contributed by atoms with Crippen LogP contribution in [-0.2, 0) is 0 Å². The van der Waals surface area contributed by atoms with Crippen LogP contribution in [0.25, 0.3) is 16.7 Å². The first-order valence-corrected chi connectivity index (χ1v) is 8.37. The van der Waals surface area contributed by atoms with Crippen LogP contribution in [0.4, 0.5) is 0 Å². The zero-order valence-corrected chi connectivity index (χ0v) is 14.5. The Balaban J connectivity index is 1.52. The van der Waals surface area contributed by atoms with Crippen molar-refractivity contribution in [3.8, 4) is 5.69 Å². The molecule has 2 heterocycles. The van der Waals surface area contributed by atoms with Gasteiger partial charge in [0.15, 0.2) is 5.76 Å². The Bertz CT molecular complexity index is 1050. The van der Waals surface area contributed by atoms with Crippen molar-refractivity contribution >= 4 is 16.9 Å². The van der Waals surface area contributed by atoms with Gasteiger partial charge < -0.3 is 9.73 Å². The minimum absolute atomic E-state index is 0.153. The molecule has 1 N–H and O–H groups in total. The van der Waals surface area contributed by atoms with E-state index in [1.807, 2.05) is 62.4 Å². The van der Waals surface area contributed by atoms with Crippen molar-refractivity contribution in [3.63, 3.8) is 0 Å². The van der Waals surface area contributed by atoms with Crippen molar-refractivity contribution in [1.29, 1.82) is 0 Å². The highest BCUT2D eigenvalue weighted by molar-refractivity contribution is 5.99. The molecule has 0 fully saturated rings. The van der Waals surface area contributed by atoms with Crippen LogP contribution in [0, 0.1) is 6.92 Å². The summed E-state index contributed by atoms with van der Waals surface area (Å²) in [4.78, 5) is 16.6. The molecule has 0 spiro atoms. The van der Waals surface area contributed by atoms with Gasteiger partial charge in [-0.15, -0.1) is 0 Å². The fourth-order valence-corrected chi connectivity index (χ4v) is 2.99. The lowest BCUT2D eigenvalue weighted by molar-refractivity contribution is 0.0913. The number of carbonyl (C=O) groups is 1. The largest absolute Gasteiger partial charge is 0.451 e. The summed E-state index contributed by atoms with van der Waals surface area (Å²) in [7, 11) is 0. The molecule has 0 bridgehead atoms. The highest BCUT2D eigenvalue weighted by Crippen LogP contribution is 2.25. The van der Waals surface area contributed by atoms with Crippen LogP contribution in [-0.4, -0.2) is 20.7 Å². The normalized spacial score (nSPS) is 12.2. The molecule has 0 aliphatic rings. The molecule has 4 aromatic rings. The van der Waals surface area contributed by atoms with Crippen molar-refractivity contribution in [2.24, 2.45) is 0 Å². The summed E-state index contributed by atoms with van der Waals surface area (Å²) < 4.78 is 7.42. The number of benzene rings is 2. The zero-order valence-electron chi connectivity index (χ0n) is 14.5. The standard InChI is InChI=1S/C20H18N4O2/c1-13-17-5-3-4-6-18(17)26-19(13)20(25)23-14(2)15-7-9-16(10-8-15)24-12-21-11-22-24/h3-12,14H,1-2H3,(H,23,25)/t14-/m0/s1. The van der Waals surface area contributed by atoms with Gasteiger partial charge in [-0.2, -0.15) is 5.10 Å². The molecule has 0 unspecified atom stereocenters. The summed E-state index contributed by atoms with van der Waals surface area (Å²) >= 11 is 0. The van der Waals surface area contributed by atoms with Gasteiger partial charge in [-0.05, 0) is 37.6 Å². The molecule has 26 heavy (non-hydrogen) atoms. The second kappa shape index (κ2) is 6.48. The van der Waals surface area contributed by atoms with Gasteiger partial charge in [0.1, 0.15) is 18.2 Å². The third kappa shape index (κ3) is 2.86. The summed E-state index contributed by atoms with van der Waals surface area (Å²) in [5, 5.41) is 8.06. The lowest BCUT2D eigenvalue weighted by Gasteiger charge is -2.14. The van der Waals surface area contributed by atoms with Crippen LogP contribution in [0.5, 0.6) is 0 Å². The molecule has 130 valence electrons. The minimum Gasteiger partial charge on any atom is -0.451 e. The molecule has 2 aromatic carbocycles. The average molecular weight is 346 g/mol. The fourth-order valence-electron chi connectivity index (χ4n) is 2.99. The third-order valence-corrected chi connectivity index (χ3v) is 4.47. The SMILES string of the molecule is Cc1c(C(=O)N[C@@H](C)c2ccc(-n3cncn3)cc2)oc2ccccc12. The van der Waals surface area contributed by atoms with E-state index in [0.29, 0.717) is 5.76 Å². The first kappa shape index (κ1) is 16.1. The van der Waals surface area contributed by atoms with Crippen molar-refractivity contribution in [3.05, 3.63) is 78.1 Å². The Morgan fingerprint density at radius 2 is 1.92 bits per heavy atom. The number of rotatable bonds is 4. The maximum Gasteiger partial charge on any atom is 0.287 e. The highest BCUT2D eigenvalue weighted by atomic mass is 16.3. The first-order valence-electron chi connectivity index (χ1n) is 8.37. The predicted molar refractivity (Wildman–Crippen MR) is 98.2 cm³/mol. The highest BCUT2D eigenvalue weighted by Gasteiger charge is 2.19. The lowest BCUT2D eigenvalue weighted by atomic mass is 10.1. The van der Waals surface area contributed by atoms with Gasteiger partial charge in [0.25, 0.3) is 5.91 Å². The maximum atomic E-state index is 12.6. The van der Waals surface area contributed by atoms with Gasteiger partial charge in [-0.3, -0.25) is 4.79 Å². The number of nitrogens with zero attached hydrogens (tertiary/aromatic N) is 3. The molecule has 1 amide bonds. The summed E-state index contributed by atoms with van der Waals surface area (Å²) in [5.74, 6) is 0.142. The molecule has 0 radical (unpaired) electrons. The minimum atomic E-state index is -0.216. The molecule has 0 saturated heterocycles. The Hall–Kier alpha value is -3.41. The number of carbonyl (C=O) groups excluding carboxylic acids is 1. The molecule has 6 nitrogen and oxygen atoms in total. The summed E-state index contributed by atoms with van der Waals surface area (Å²) in [6.45, 7) is 3.85. The van der Waals surface area contributed by atoms with Crippen LogP contribution in [0.15, 0.2) is 65.6 Å². The number of hydrogen-bond donors (Lipinski definition) is 1. The van der Waals surface area contributed by atoms with Crippen LogP contribution in [0.1, 0.15) is 34.6 Å². The monoisotopic (exact) mass is 346 g/mol. The maximum absolute atomic E-state index is 12.6. The molecule has 2 aromatic heterocycles. The van der Waals surface area contributed by atoms with Crippen molar-refractivity contribution in [2.75, 3.05) is 0 Å². The molecular formula is C20H18N4O2. The number of fused-ring (bicyclic) bond motifs is 1. The summed E-state index contributed by atoms with van der Waals surface area (Å²) in [5.41, 5.74) is 3.49. The number of nitrogens with one attached hydrogen (secondary N) is 1. The van der Waals surface area contributed by atoms with Crippen LogP contribution in [0.2, 0.25) is 0 Å². The Morgan fingerprint density at radius 1 is 1.15 bits per heavy atom. The molecule has 1 atom stereocenters. The quantitative estimate of drug-likeness (QED) is 0.610. The van der Waals surface area contributed by atoms with E-state index in [-0.39, 0.29) is 11.9 Å². The lowest BCUT2D eigenvalue weighted by Crippen LogP contribution is -2.26. The van der Waals surface area contributed by atoms with E-state index >= 15 is 0 Å². The fraction of sp³-hybridized carbons (Fsp3) is 0.150. The van der Waals surface area contributed by atoms with E-state index in [4.69, 9.17) is 4.42 Å². The smallest absolute Gasteiger partial charge is 0.287 e. The van der Waals surface area contributed by atoms with E-state index < -0.39 is 0 Å². The van der Waals surface area contributed by atoms with Gasteiger partial charge in [0.2, 0.25) is 0 Å².